The summed E-state index contributed by atoms with van der Waals surface area (Å²) in [5.41, 5.74) is 2.45. The van der Waals surface area contributed by atoms with Crippen molar-refractivity contribution in [3.8, 4) is 11.5 Å². The third-order valence-corrected chi connectivity index (χ3v) is 7.15. The highest BCUT2D eigenvalue weighted by Gasteiger charge is 2.56. The highest BCUT2D eigenvalue weighted by atomic mass is 16.5. The van der Waals surface area contributed by atoms with Gasteiger partial charge in [0.15, 0.2) is 11.5 Å². The highest BCUT2D eigenvalue weighted by Crippen LogP contribution is 2.54. The Labute approximate surface area is 220 Å². The smallest absolute Gasteiger partial charge is 0.222 e. The van der Waals surface area contributed by atoms with Crippen molar-refractivity contribution in [2.24, 2.45) is 7.05 Å². The topological polar surface area (TPSA) is 121 Å². The molecule has 2 fully saturated rings. The molecule has 11 heteroatoms. The number of hydrogen-bond acceptors (Lipinski definition) is 8. The minimum atomic E-state index is -0.198. The van der Waals surface area contributed by atoms with Gasteiger partial charge in [-0.25, -0.2) is 9.97 Å². The van der Waals surface area contributed by atoms with Crippen LogP contribution in [0, 0.1) is 0 Å². The summed E-state index contributed by atoms with van der Waals surface area (Å²) in [5, 5.41) is 11.1. The monoisotopic (exact) mass is 516 g/mol. The first-order chi connectivity index (χ1) is 18.1. The van der Waals surface area contributed by atoms with Gasteiger partial charge in [0, 0.05) is 56.1 Å². The lowest BCUT2D eigenvalue weighted by Gasteiger charge is -2.26. The molecule has 4 aromatic rings. The summed E-state index contributed by atoms with van der Waals surface area (Å²) < 4.78 is 16.2. The van der Waals surface area contributed by atoms with Gasteiger partial charge in [-0.1, -0.05) is 20.8 Å². The molecule has 0 unspecified atom stereocenters. The molecule has 2 N–H and O–H groups in total. The number of amides is 1. The van der Waals surface area contributed by atoms with Crippen LogP contribution in [0.1, 0.15) is 58.7 Å². The van der Waals surface area contributed by atoms with E-state index in [1.165, 1.54) is 12.6 Å². The lowest BCUT2D eigenvalue weighted by atomic mass is 9.91. The molecule has 0 radical (unpaired) electrons. The highest BCUT2D eigenvalue weighted by molar-refractivity contribution is 5.87. The Morgan fingerprint density at radius 3 is 2.71 bits per heavy atom. The molecule has 38 heavy (non-hydrogen) atoms. The van der Waals surface area contributed by atoms with Crippen LogP contribution < -0.4 is 15.4 Å². The number of aromatic nitrogens is 6. The largest absolute Gasteiger partial charge is 0.455 e. The second-order valence-electron chi connectivity index (χ2n) is 11.1. The van der Waals surface area contributed by atoms with Gasteiger partial charge < -0.3 is 24.7 Å². The van der Waals surface area contributed by atoms with Crippen LogP contribution in [0.25, 0.3) is 11.2 Å². The quantitative estimate of drug-likeness (QED) is 0.373. The maximum absolute atomic E-state index is 11.3. The van der Waals surface area contributed by atoms with E-state index in [4.69, 9.17) is 19.6 Å². The summed E-state index contributed by atoms with van der Waals surface area (Å²) in [6.07, 6.45) is 6.37. The minimum absolute atomic E-state index is 0.0424. The van der Waals surface area contributed by atoms with E-state index < -0.39 is 0 Å². The van der Waals surface area contributed by atoms with Crippen molar-refractivity contribution < 1.29 is 14.3 Å². The molecule has 1 saturated heterocycles. The average molecular weight is 517 g/mol. The third-order valence-electron chi connectivity index (χ3n) is 7.15. The summed E-state index contributed by atoms with van der Waals surface area (Å²) in [6, 6.07) is 7.63. The predicted octanol–water partition coefficient (Wildman–Crippen LogP) is 4.85. The maximum atomic E-state index is 11.3. The van der Waals surface area contributed by atoms with Crippen LogP contribution in [-0.4, -0.2) is 47.4 Å². The molecule has 1 amide bonds. The standard InChI is InChI=1S/C27H32N8O3/c1-16(36)30-22-13-17(6-10-28-22)38-18-12-19-24(29-15-18)32-25(34(19)5)31-23-14-21(26(2,3)4)35(33-23)20-7-11-37-27(20)8-9-27/h6,10,12-15,20H,7-9,11H2,1-5H3,(H,28,30,36)(H,29,31,32,33)/t20-/m0/s1. The molecule has 1 aliphatic carbocycles. The number of nitrogens with one attached hydrogen (secondary N) is 2. The van der Waals surface area contributed by atoms with Crippen LogP contribution >= 0.6 is 0 Å². The van der Waals surface area contributed by atoms with E-state index in [9.17, 15) is 4.79 Å². The van der Waals surface area contributed by atoms with Gasteiger partial charge in [0.1, 0.15) is 17.3 Å². The molecule has 11 nitrogen and oxygen atoms in total. The molecule has 6 rings (SSSR count). The molecular weight excluding hydrogens is 484 g/mol. The first-order valence-corrected chi connectivity index (χ1v) is 12.9. The number of ether oxygens (including phenoxy) is 2. The van der Waals surface area contributed by atoms with Gasteiger partial charge in [0.2, 0.25) is 11.9 Å². The second kappa shape index (κ2) is 8.80. The van der Waals surface area contributed by atoms with Crippen LogP contribution in [0.15, 0.2) is 36.7 Å². The number of anilines is 3. The number of aryl methyl sites for hydroxylation is 1. The number of imidazole rings is 1. The summed E-state index contributed by atoms with van der Waals surface area (Å²) >= 11 is 0. The van der Waals surface area contributed by atoms with Gasteiger partial charge in [0.25, 0.3) is 0 Å². The Hall–Kier alpha value is -3.99. The maximum Gasteiger partial charge on any atom is 0.222 e. The van der Waals surface area contributed by atoms with Gasteiger partial charge in [-0.3, -0.25) is 9.48 Å². The van der Waals surface area contributed by atoms with Gasteiger partial charge >= 0.3 is 0 Å². The average Bonchev–Trinajstić information content (AvgIpc) is 3.16. The molecule has 1 aliphatic heterocycles. The lowest BCUT2D eigenvalue weighted by molar-refractivity contribution is -0.114. The first kappa shape index (κ1) is 24.4. The van der Waals surface area contributed by atoms with Gasteiger partial charge in [-0.15, -0.1) is 0 Å². The Morgan fingerprint density at radius 2 is 1.97 bits per heavy atom. The fraction of sp³-hybridized carbons (Fsp3) is 0.444. The Bertz CT molecular complexity index is 1530. The number of fused-ring (bicyclic) bond motifs is 1. The SMILES string of the molecule is CC(=O)Nc1cc(Oc2cnc3nc(Nc4cc(C(C)(C)C)n([C@H]5CCOC56CC6)n4)n(C)c3c2)ccn1. The van der Waals surface area contributed by atoms with Crippen molar-refractivity contribution in [2.75, 3.05) is 17.2 Å². The zero-order valence-electron chi connectivity index (χ0n) is 22.3. The summed E-state index contributed by atoms with van der Waals surface area (Å²) in [7, 11) is 1.93. The van der Waals surface area contributed by atoms with Crippen LogP contribution in [0.3, 0.4) is 0 Å². The number of carbonyl (C=O) groups excluding carboxylic acids is 1. The van der Waals surface area contributed by atoms with E-state index in [-0.39, 0.29) is 23.0 Å². The normalized spacial score (nSPS) is 18.2. The van der Waals surface area contributed by atoms with Crippen LogP contribution in [0.2, 0.25) is 0 Å². The van der Waals surface area contributed by atoms with Crippen LogP contribution in [0.4, 0.5) is 17.6 Å². The Kier molecular flexibility index (Phi) is 5.64. The van der Waals surface area contributed by atoms with Gasteiger partial charge in [-0.05, 0) is 25.3 Å². The summed E-state index contributed by atoms with van der Waals surface area (Å²) in [6.45, 7) is 8.85. The molecular formula is C27H32N8O3. The fourth-order valence-corrected chi connectivity index (χ4v) is 5.12. The van der Waals surface area contributed by atoms with E-state index in [1.807, 2.05) is 17.7 Å². The number of hydrogen-bond donors (Lipinski definition) is 2. The van der Waals surface area contributed by atoms with Gasteiger partial charge in [-0.2, -0.15) is 10.1 Å². The lowest BCUT2D eigenvalue weighted by Crippen LogP contribution is -2.28. The van der Waals surface area contributed by atoms with Crippen LogP contribution in [-0.2, 0) is 22.0 Å². The molecule has 0 bridgehead atoms. The van der Waals surface area contributed by atoms with Gasteiger partial charge in [0.05, 0.1) is 23.4 Å². The van der Waals surface area contributed by atoms with E-state index in [1.54, 1.807) is 24.5 Å². The van der Waals surface area contributed by atoms with E-state index in [2.05, 4.69) is 52.1 Å². The molecule has 0 aromatic carbocycles. The molecule has 5 heterocycles. The fourth-order valence-electron chi connectivity index (χ4n) is 5.12. The van der Waals surface area contributed by atoms with Crippen LogP contribution in [0.5, 0.6) is 11.5 Å². The molecule has 1 spiro atoms. The Balaban J connectivity index is 1.27. The van der Waals surface area contributed by atoms with Crippen molar-refractivity contribution in [3.63, 3.8) is 0 Å². The number of pyridine rings is 2. The number of rotatable bonds is 6. The summed E-state index contributed by atoms with van der Waals surface area (Å²) in [5.74, 6) is 2.68. The second-order valence-corrected chi connectivity index (χ2v) is 11.1. The predicted molar refractivity (Wildman–Crippen MR) is 143 cm³/mol. The zero-order valence-corrected chi connectivity index (χ0v) is 22.3. The molecule has 4 aromatic heterocycles. The van der Waals surface area contributed by atoms with Crippen molar-refractivity contribution in [2.45, 2.75) is 64.0 Å². The van der Waals surface area contributed by atoms with E-state index in [0.717, 1.165) is 37.2 Å². The third kappa shape index (κ3) is 4.47. The summed E-state index contributed by atoms with van der Waals surface area (Å²) in [4.78, 5) is 24.7. The number of carbonyl (C=O) groups is 1. The van der Waals surface area contributed by atoms with Crippen molar-refractivity contribution >= 4 is 34.7 Å². The molecule has 198 valence electrons. The first-order valence-electron chi connectivity index (χ1n) is 12.9. The Morgan fingerprint density at radius 1 is 1.16 bits per heavy atom. The minimum Gasteiger partial charge on any atom is -0.455 e. The molecule has 2 aliphatic rings. The van der Waals surface area contributed by atoms with E-state index in [0.29, 0.717) is 28.9 Å². The number of nitrogens with zero attached hydrogens (tertiary/aromatic N) is 6. The van der Waals surface area contributed by atoms with E-state index >= 15 is 0 Å². The molecule has 1 saturated carbocycles. The van der Waals surface area contributed by atoms with Crippen molar-refractivity contribution in [1.29, 1.82) is 0 Å². The molecule has 1 atom stereocenters. The van der Waals surface area contributed by atoms with Crippen molar-refractivity contribution in [3.05, 3.63) is 42.4 Å². The van der Waals surface area contributed by atoms with Crippen molar-refractivity contribution in [1.82, 2.24) is 29.3 Å². The zero-order chi connectivity index (χ0) is 26.7.